The van der Waals surface area contributed by atoms with E-state index in [1.807, 2.05) is 18.2 Å². The summed E-state index contributed by atoms with van der Waals surface area (Å²) in [5, 5.41) is 0.743. The van der Waals surface area contributed by atoms with Crippen LogP contribution in [-0.4, -0.2) is 42.8 Å². The number of anilines is 1. The molecule has 2 aromatic rings. The van der Waals surface area contributed by atoms with Crippen LogP contribution in [0.4, 0.5) is 5.69 Å². The fourth-order valence-corrected chi connectivity index (χ4v) is 3.91. The van der Waals surface area contributed by atoms with E-state index in [0.29, 0.717) is 34.3 Å². The summed E-state index contributed by atoms with van der Waals surface area (Å²) < 4.78 is 0. The molecule has 0 spiro atoms. The van der Waals surface area contributed by atoms with Crippen molar-refractivity contribution in [3.8, 4) is 0 Å². The molecule has 1 heterocycles. The summed E-state index contributed by atoms with van der Waals surface area (Å²) in [6.45, 7) is 5.71. The van der Waals surface area contributed by atoms with E-state index in [1.54, 1.807) is 30.0 Å². The zero-order chi connectivity index (χ0) is 20.3. The Bertz CT molecular complexity index is 917. The molecule has 1 saturated heterocycles. The summed E-state index contributed by atoms with van der Waals surface area (Å²) in [7, 11) is 0. The maximum absolute atomic E-state index is 13.1. The van der Waals surface area contributed by atoms with Crippen molar-refractivity contribution in [1.82, 2.24) is 4.90 Å². The lowest BCUT2D eigenvalue weighted by Gasteiger charge is -2.36. The SMILES string of the molecule is CC(=O)/C(C(=O)N1CCN(c2ccccc2)CC1)=C(/C)c1cccc(Cl)c1Cl. The third-order valence-electron chi connectivity index (χ3n) is 4.98. The molecule has 1 fully saturated rings. The number of para-hydroxylation sites is 1. The van der Waals surface area contributed by atoms with Gasteiger partial charge in [0.25, 0.3) is 5.91 Å². The second kappa shape index (κ2) is 8.80. The summed E-state index contributed by atoms with van der Waals surface area (Å²) in [6, 6.07) is 15.3. The number of hydrogen-bond donors (Lipinski definition) is 0. The number of hydrogen-bond acceptors (Lipinski definition) is 3. The molecule has 146 valence electrons. The smallest absolute Gasteiger partial charge is 0.257 e. The number of carbonyl (C=O) groups excluding carboxylic acids is 2. The maximum atomic E-state index is 13.1. The topological polar surface area (TPSA) is 40.6 Å². The Labute approximate surface area is 175 Å². The fourth-order valence-electron chi connectivity index (χ4n) is 3.47. The Hall–Kier alpha value is -2.30. The molecule has 0 unspecified atom stereocenters. The average Bonchev–Trinajstić information content (AvgIpc) is 2.70. The highest BCUT2D eigenvalue weighted by Crippen LogP contribution is 2.32. The molecule has 0 radical (unpaired) electrons. The van der Waals surface area contributed by atoms with Crippen molar-refractivity contribution >= 4 is 46.2 Å². The molecule has 28 heavy (non-hydrogen) atoms. The minimum Gasteiger partial charge on any atom is -0.368 e. The van der Waals surface area contributed by atoms with E-state index < -0.39 is 0 Å². The van der Waals surface area contributed by atoms with Gasteiger partial charge in [-0.2, -0.15) is 0 Å². The standard InChI is InChI=1S/C22H22Cl2N2O2/c1-15(18-9-6-10-19(23)21(18)24)20(16(2)27)22(28)26-13-11-25(12-14-26)17-7-4-3-5-8-17/h3-10H,11-14H2,1-2H3/b20-15+. The van der Waals surface area contributed by atoms with Crippen LogP contribution in [0.3, 0.4) is 0 Å². The van der Waals surface area contributed by atoms with Crippen LogP contribution in [-0.2, 0) is 9.59 Å². The number of ketones is 1. The quantitative estimate of drug-likeness (QED) is 0.411. The normalized spacial score (nSPS) is 15.3. The molecule has 1 aliphatic rings. The molecule has 2 aromatic carbocycles. The molecule has 0 N–H and O–H groups in total. The molecule has 0 aromatic heterocycles. The summed E-state index contributed by atoms with van der Waals surface area (Å²) in [6.07, 6.45) is 0. The Kier molecular flexibility index (Phi) is 6.42. The van der Waals surface area contributed by atoms with Crippen LogP contribution >= 0.6 is 23.2 Å². The van der Waals surface area contributed by atoms with Crippen molar-refractivity contribution in [2.24, 2.45) is 0 Å². The number of benzene rings is 2. The summed E-state index contributed by atoms with van der Waals surface area (Å²) in [5.41, 5.74) is 2.46. The fraction of sp³-hybridized carbons (Fsp3) is 0.273. The molecule has 1 amide bonds. The molecular weight excluding hydrogens is 395 g/mol. The van der Waals surface area contributed by atoms with Gasteiger partial charge in [-0.05, 0) is 43.2 Å². The largest absolute Gasteiger partial charge is 0.368 e. The Morgan fingerprint density at radius 2 is 1.50 bits per heavy atom. The summed E-state index contributed by atoms with van der Waals surface area (Å²) in [4.78, 5) is 29.5. The molecule has 0 saturated carbocycles. The van der Waals surface area contributed by atoms with E-state index in [9.17, 15) is 9.59 Å². The van der Waals surface area contributed by atoms with Crippen molar-refractivity contribution in [3.05, 3.63) is 69.7 Å². The van der Waals surface area contributed by atoms with Gasteiger partial charge in [0.1, 0.15) is 0 Å². The Morgan fingerprint density at radius 3 is 2.11 bits per heavy atom. The Balaban J connectivity index is 1.83. The highest BCUT2D eigenvalue weighted by Gasteiger charge is 2.28. The lowest BCUT2D eigenvalue weighted by molar-refractivity contribution is -0.129. The van der Waals surface area contributed by atoms with Crippen LogP contribution in [0, 0.1) is 0 Å². The number of carbonyl (C=O) groups is 2. The first-order chi connectivity index (χ1) is 13.4. The van der Waals surface area contributed by atoms with Crippen molar-refractivity contribution in [1.29, 1.82) is 0 Å². The van der Waals surface area contributed by atoms with Crippen molar-refractivity contribution in [2.75, 3.05) is 31.1 Å². The van der Waals surface area contributed by atoms with Gasteiger partial charge in [0, 0.05) is 31.9 Å². The van der Waals surface area contributed by atoms with Gasteiger partial charge in [0.2, 0.25) is 0 Å². The van der Waals surface area contributed by atoms with Gasteiger partial charge in [-0.25, -0.2) is 0 Å². The minimum absolute atomic E-state index is 0.164. The van der Waals surface area contributed by atoms with Crippen molar-refractivity contribution in [3.63, 3.8) is 0 Å². The van der Waals surface area contributed by atoms with E-state index in [-0.39, 0.29) is 17.3 Å². The number of allylic oxidation sites excluding steroid dienone is 1. The van der Waals surface area contributed by atoms with E-state index in [0.717, 1.165) is 18.8 Å². The van der Waals surface area contributed by atoms with E-state index in [4.69, 9.17) is 23.2 Å². The molecule has 6 heteroatoms. The van der Waals surface area contributed by atoms with Crippen molar-refractivity contribution in [2.45, 2.75) is 13.8 Å². The third-order valence-corrected chi connectivity index (χ3v) is 5.80. The van der Waals surface area contributed by atoms with E-state index in [1.165, 1.54) is 6.92 Å². The minimum atomic E-state index is -0.274. The lowest BCUT2D eigenvalue weighted by Crippen LogP contribution is -2.49. The van der Waals surface area contributed by atoms with Crippen LogP contribution < -0.4 is 4.90 Å². The number of nitrogens with zero attached hydrogens (tertiary/aromatic N) is 2. The number of Topliss-reactive ketones (excluding diaryl/α,β-unsaturated/α-hetero) is 1. The van der Waals surface area contributed by atoms with Gasteiger partial charge in [-0.3, -0.25) is 9.59 Å². The monoisotopic (exact) mass is 416 g/mol. The van der Waals surface area contributed by atoms with Crippen LogP contribution in [0.25, 0.3) is 5.57 Å². The van der Waals surface area contributed by atoms with Gasteiger partial charge in [0.15, 0.2) is 5.78 Å². The molecular formula is C22H22Cl2N2O2. The van der Waals surface area contributed by atoms with Gasteiger partial charge in [-0.15, -0.1) is 0 Å². The number of halogens is 2. The first kappa shape index (κ1) is 20.4. The first-order valence-electron chi connectivity index (χ1n) is 9.15. The second-order valence-corrected chi connectivity index (χ2v) is 7.56. The zero-order valence-electron chi connectivity index (χ0n) is 15.9. The summed E-state index contributed by atoms with van der Waals surface area (Å²) >= 11 is 12.4. The van der Waals surface area contributed by atoms with Crippen molar-refractivity contribution < 1.29 is 9.59 Å². The molecule has 0 aliphatic carbocycles. The second-order valence-electron chi connectivity index (χ2n) is 6.77. The molecule has 1 aliphatic heterocycles. The predicted molar refractivity (Wildman–Crippen MR) is 115 cm³/mol. The first-order valence-corrected chi connectivity index (χ1v) is 9.91. The third kappa shape index (κ3) is 4.23. The van der Waals surface area contributed by atoms with Crippen LogP contribution in [0.1, 0.15) is 19.4 Å². The maximum Gasteiger partial charge on any atom is 0.257 e. The average molecular weight is 417 g/mol. The van der Waals surface area contributed by atoms with Crippen LogP contribution in [0.2, 0.25) is 10.0 Å². The van der Waals surface area contributed by atoms with Gasteiger partial charge < -0.3 is 9.80 Å². The number of piperazine rings is 1. The molecule has 3 rings (SSSR count). The molecule has 0 atom stereocenters. The van der Waals surface area contributed by atoms with Crippen LogP contribution in [0.5, 0.6) is 0 Å². The predicted octanol–water partition coefficient (Wildman–Crippen LogP) is 4.70. The Morgan fingerprint density at radius 1 is 0.857 bits per heavy atom. The molecule has 4 nitrogen and oxygen atoms in total. The molecule has 0 bridgehead atoms. The van der Waals surface area contributed by atoms with Gasteiger partial charge >= 0.3 is 0 Å². The zero-order valence-corrected chi connectivity index (χ0v) is 17.4. The van der Waals surface area contributed by atoms with E-state index in [2.05, 4.69) is 17.0 Å². The number of amides is 1. The van der Waals surface area contributed by atoms with E-state index >= 15 is 0 Å². The van der Waals surface area contributed by atoms with Gasteiger partial charge in [0.05, 0.1) is 15.6 Å². The van der Waals surface area contributed by atoms with Gasteiger partial charge in [-0.1, -0.05) is 53.5 Å². The highest BCUT2D eigenvalue weighted by atomic mass is 35.5. The lowest BCUT2D eigenvalue weighted by atomic mass is 9.97. The summed E-state index contributed by atoms with van der Waals surface area (Å²) in [5.74, 6) is -0.530. The highest BCUT2D eigenvalue weighted by molar-refractivity contribution is 6.43. The van der Waals surface area contributed by atoms with Crippen LogP contribution in [0.15, 0.2) is 54.1 Å². The number of rotatable bonds is 4.